The molecule has 1 amide bonds. The number of ether oxygens (including phenoxy) is 1. The van der Waals surface area contributed by atoms with Crippen molar-refractivity contribution >= 4 is 21.8 Å². The number of halogens is 1. The van der Waals surface area contributed by atoms with Crippen molar-refractivity contribution in [2.24, 2.45) is 0 Å². The third-order valence-corrected chi connectivity index (χ3v) is 3.18. The van der Waals surface area contributed by atoms with Gasteiger partial charge in [0.25, 0.3) is 5.91 Å². The lowest BCUT2D eigenvalue weighted by atomic mass is 10.2. The van der Waals surface area contributed by atoms with Gasteiger partial charge in [0.1, 0.15) is 12.0 Å². The summed E-state index contributed by atoms with van der Waals surface area (Å²) >= 11 is 3.18. The molecule has 19 heavy (non-hydrogen) atoms. The van der Waals surface area contributed by atoms with E-state index < -0.39 is 0 Å². The summed E-state index contributed by atoms with van der Waals surface area (Å²) in [7, 11) is 3.36. The molecule has 100 valence electrons. The van der Waals surface area contributed by atoms with Gasteiger partial charge in [-0.15, -0.1) is 0 Å². The molecule has 2 rings (SSSR count). The van der Waals surface area contributed by atoms with E-state index in [1.54, 1.807) is 25.1 Å². The summed E-state index contributed by atoms with van der Waals surface area (Å²) in [5.74, 6) is 0.677. The Labute approximate surface area is 120 Å². The fourth-order valence-corrected chi connectivity index (χ4v) is 2.14. The second-order valence-corrected chi connectivity index (χ2v) is 4.89. The van der Waals surface area contributed by atoms with Crippen LogP contribution in [0.5, 0.6) is 5.75 Å². The molecule has 5 heteroatoms. The van der Waals surface area contributed by atoms with Crippen LogP contribution >= 0.6 is 15.9 Å². The molecule has 0 aliphatic carbocycles. The lowest BCUT2D eigenvalue weighted by Crippen LogP contribution is -2.26. The van der Waals surface area contributed by atoms with Gasteiger partial charge >= 0.3 is 0 Å². The highest BCUT2D eigenvalue weighted by Gasteiger charge is 2.15. The van der Waals surface area contributed by atoms with E-state index >= 15 is 0 Å². The lowest BCUT2D eigenvalue weighted by molar-refractivity contribution is 0.0783. The molecule has 0 fully saturated rings. The molecule has 2 aromatic rings. The first-order valence-electron chi connectivity index (χ1n) is 5.73. The number of methoxy groups -OCH3 is 1. The normalized spacial score (nSPS) is 10.3. The van der Waals surface area contributed by atoms with Gasteiger partial charge in [-0.1, -0.05) is 18.2 Å². The van der Waals surface area contributed by atoms with Crippen molar-refractivity contribution in [1.29, 1.82) is 0 Å². The number of rotatable bonds is 4. The molecule has 0 spiro atoms. The zero-order valence-electron chi connectivity index (χ0n) is 10.7. The highest BCUT2D eigenvalue weighted by Crippen LogP contribution is 2.20. The maximum absolute atomic E-state index is 12.2. The van der Waals surface area contributed by atoms with Crippen LogP contribution in [0.1, 0.15) is 15.9 Å². The second kappa shape index (κ2) is 5.93. The largest absolute Gasteiger partial charge is 0.496 e. The molecule has 1 aromatic carbocycles. The van der Waals surface area contributed by atoms with Crippen molar-refractivity contribution < 1.29 is 13.9 Å². The van der Waals surface area contributed by atoms with E-state index in [0.717, 1.165) is 11.3 Å². The topological polar surface area (TPSA) is 42.7 Å². The van der Waals surface area contributed by atoms with Gasteiger partial charge in [0.15, 0.2) is 4.67 Å². The molecule has 0 radical (unpaired) electrons. The number of furan rings is 1. The van der Waals surface area contributed by atoms with Gasteiger partial charge in [-0.05, 0) is 22.0 Å². The molecule has 1 aromatic heterocycles. The van der Waals surface area contributed by atoms with Gasteiger partial charge in [0.05, 0.1) is 12.7 Å². The van der Waals surface area contributed by atoms with Crippen LogP contribution in [0.2, 0.25) is 0 Å². The molecule has 0 bridgehead atoms. The summed E-state index contributed by atoms with van der Waals surface area (Å²) in [4.78, 5) is 13.8. The zero-order chi connectivity index (χ0) is 13.8. The second-order valence-electron chi connectivity index (χ2n) is 4.11. The Morgan fingerprint density at radius 3 is 2.79 bits per heavy atom. The molecule has 0 aliphatic heterocycles. The summed E-state index contributed by atoms with van der Waals surface area (Å²) in [6.45, 7) is 0.478. The fourth-order valence-electron chi connectivity index (χ4n) is 1.80. The van der Waals surface area contributed by atoms with Crippen molar-refractivity contribution in [2.45, 2.75) is 6.54 Å². The maximum Gasteiger partial charge on any atom is 0.257 e. The van der Waals surface area contributed by atoms with E-state index in [4.69, 9.17) is 9.15 Å². The number of para-hydroxylation sites is 1. The molecule has 0 saturated carbocycles. The fraction of sp³-hybridized carbons (Fsp3) is 0.214. The Balaban J connectivity index is 2.12. The first kappa shape index (κ1) is 13.7. The molecule has 0 atom stereocenters. The van der Waals surface area contributed by atoms with Gasteiger partial charge in [0, 0.05) is 25.2 Å². The van der Waals surface area contributed by atoms with Crippen molar-refractivity contribution in [2.75, 3.05) is 14.2 Å². The van der Waals surface area contributed by atoms with Crippen LogP contribution in [0, 0.1) is 0 Å². The molecule has 0 aliphatic rings. The Hall–Kier alpha value is -1.75. The number of carbonyl (C=O) groups excluding carboxylic acids is 1. The smallest absolute Gasteiger partial charge is 0.257 e. The molecule has 4 nitrogen and oxygen atoms in total. The molecule has 0 unspecified atom stereocenters. The van der Waals surface area contributed by atoms with Crippen LogP contribution in [0.4, 0.5) is 0 Å². The summed E-state index contributed by atoms with van der Waals surface area (Å²) in [5.41, 5.74) is 1.48. The number of benzene rings is 1. The van der Waals surface area contributed by atoms with Crippen LogP contribution in [0.15, 0.2) is 45.7 Å². The quantitative estimate of drug-likeness (QED) is 0.866. The molecular formula is C14H14BrNO3. The van der Waals surface area contributed by atoms with E-state index in [0.29, 0.717) is 16.8 Å². The van der Waals surface area contributed by atoms with Gasteiger partial charge < -0.3 is 14.1 Å². The zero-order valence-corrected chi connectivity index (χ0v) is 12.3. The Bertz CT molecular complexity index is 580. The van der Waals surface area contributed by atoms with Gasteiger partial charge in [-0.25, -0.2) is 0 Å². The Kier molecular flexibility index (Phi) is 4.27. The number of nitrogens with zero attached hydrogens (tertiary/aromatic N) is 1. The highest BCUT2D eigenvalue weighted by atomic mass is 79.9. The van der Waals surface area contributed by atoms with E-state index in [-0.39, 0.29) is 5.91 Å². The monoisotopic (exact) mass is 323 g/mol. The minimum absolute atomic E-state index is 0.0969. The van der Waals surface area contributed by atoms with E-state index in [1.165, 1.54) is 6.26 Å². The minimum atomic E-state index is -0.0969. The number of hydrogen-bond donors (Lipinski definition) is 0. The van der Waals surface area contributed by atoms with E-state index in [1.807, 2.05) is 24.3 Å². The number of carbonyl (C=O) groups is 1. The third kappa shape index (κ3) is 3.17. The van der Waals surface area contributed by atoms with E-state index in [9.17, 15) is 4.79 Å². The van der Waals surface area contributed by atoms with Crippen LogP contribution in [-0.4, -0.2) is 25.0 Å². The number of amides is 1. The number of hydrogen-bond acceptors (Lipinski definition) is 3. The average molecular weight is 324 g/mol. The van der Waals surface area contributed by atoms with E-state index in [2.05, 4.69) is 15.9 Å². The van der Waals surface area contributed by atoms with Crippen LogP contribution in [0.3, 0.4) is 0 Å². The predicted molar refractivity (Wildman–Crippen MR) is 75.2 cm³/mol. The highest BCUT2D eigenvalue weighted by molar-refractivity contribution is 9.10. The molecule has 0 N–H and O–H groups in total. The summed E-state index contributed by atoms with van der Waals surface area (Å²) < 4.78 is 10.9. The van der Waals surface area contributed by atoms with Gasteiger partial charge in [0.2, 0.25) is 0 Å². The Morgan fingerprint density at radius 2 is 2.16 bits per heavy atom. The first-order valence-corrected chi connectivity index (χ1v) is 6.52. The summed E-state index contributed by atoms with van der Waals surface area (Å²) in [5, 5.41) is 0. The van der Waals surface area contributed by atoms with Gasteiger partial charge in [-0.2, -0.15) is 0 Å². The Morgan fingerprint density at radius 1 is 1.42 bits per heavy atom. The lowest BCUT2D eigenvalue weighted by Gasteiger charge is -2.18. The van der Waals surface area contributed by atoms with Crippen LogP contribution < -0.4 is 4.74 Å². The average Bonchev–Trinajstić information content (AvgIpc) is 2.85. The summed E-state index contributed by atoms with van der Waals surface area (Å²) in [6, 6.07) is 9.29. The van der Waals surface area contributed by atoms with Crippen molar-refractivity contribution in [3.05, 3.63) is 52.4 Å². The van der Waals surface area contributed by atoms with Crippen LogP contribution in [0.25, 0.3) is 0 Å². The summed E-state index contributed by atoms with van der Waals surface area (Å²) in [6.07, 6.45) is 1.44. The minimum Gasteiger partial charge on any atom is -0.496 e. The SMILES string of the molecule is COc1ccccc1CN(C)C(=O)c1coc(Br)c1. The van der Waals surface area contributed by atoms with Crippen molar-refractivity contribution in [3.8, 4) is 5.75 Å². The van der Waals surface area contributed by atoms with Gasteiger partial charge in [-0.3, -0.25) is 4.79 Å². The molecular weight excluding hydrogens is 310 g/mol. The van der Waals surface area contributed by atoms with Crippen molar-refractivity contribution in [3.63, 3.8) is 0 Å². The molecule has 0 saturated heterocycles. The predicted octanol–water partition coefficient (Wildman–Crippen LogP) is 3.32. The first-order chi connectivity index (χ1) is 9.11. The molecule has 1 heterocycles. The standard InChI is InChI=1S/C14H14BrNO3/c1-16(14(17)11-7-13(15)19-9-11)8-10-5-3-4-6-12(10)18-2/h3-7,9H,8H2,1-2H3. The maximum atomic E-state index is 12.2. The van der Waals surface area contributed by atoms with Crippen LogP contribution in [-0.2, 0) is 6.54 Å². The van der Waals surface area contributed by atoms with Crippen molar-refractivity contribution in [1.82, 2.24) is 4.90 Å². The third-order valence-electron chi connectivity index (χ3n) is 2.76.